The third-order valence-corrected chi connectivity index (χ3v) is 3.68. The lowest BCUT2D eigenvalue weighted by atomic mass is 9.86. The number of methoxy groups -OCH3 is 1. The van der Waals surface area contributed by atoms with Crippen LogP contribution in [0.5, 0.6) is 0 Å². The predicted molar refractivity (Wildman–Crippen MR) is 54.6 cm³/mol. The highest BCUT2D eigenvalue weighted by atomic mass is 16.5. The maximum Gasteiger partial charge on any atom is 0.308 e. The van der Waals surface area contributed by atoms with Crippen LogP contribution < -0.4 is 0 Å². The van der Waals surface area contributed by atoms with Crippen LogP contribution in [0.1, 0.15) is 26.2 Å². The van der Waals surface area contributed by atoms with E-state index >= 15 is 0 Å². The van der Waals surface area contributed by atoms with Gasteiger partial charge in [0, 0.05) is 0 Å². The second-order valence-corrected chi connectivity index (χ2v) is 4.70. The summed E-state index contributed by atoms with van der Waals surface area (Å²) in [6, 6.07) is 0. The van der Waals surface area contributed by atoms with Gasteiger partial charge in [-0.1, -0.05) is 19.1 Å². The zero-order chi connectivity index (χ0) is 10.1. The molecule has 0 aromatic carbocycles. The molecule has 1 fully saturated rings. The summed E-state index contributed by atoms with van der Waals surface area (Å²) < 4.78 is 4.75. The van der Waals surface area contributed by atoms with E-state index in [2.05, 4.69) is 12.2 Å². The lowest BCUT2D eigenvalue weighted by Crippen LogP contribution is -2.19. The predicted octanol–water partition coefficient (Wildman–Crippen LogP) is 2.40. The van der Waals surface area contributed by atoms with Gasteiger partial charge < -0.3 is 4.74 Å². The number of hydrogen-bond donors (Lipinski definition) is 0. The molecule has 0 saturated heterocycles. The molecule has 4 unspecified atom stereocenters. The smallest absolute Gasteiger partial charge is 0.308 e. The average Bonchev–Trinajstić information content (AvgIpc) is 2.77. The Balaban J connectivity index is 1.87. The summed E-state index contributed by atoms with van der Waals surface area (Å²) >= 11 is 0. The highest BCUT2D eigenvalue weighted by Crippen LogP contribution is 2.45. The van der Waals surface area contributed by atoms with Crippen molar-refractivity contribution in [2.24, 2.45) is 23.7 Å². The lowest BCUT2D eigenvalue weighted by molar-refractivity contribution is -0.145. The van der Waals surface area contributed by atoms with Gasteiger partial charge in [-0.05, 0) is 37.0 Å². The molecule has 0 aromatic heterocycles. The van der Waals surface area contributed by atoms with Gasteiger partial charge in [0.05, 0.1) is 13.0 Å². The largest absolute Gasteiger partial charge is 0.469 e. The molecule has 78 valence electrons. The van der Waals surface area contributed by atoms with Gasteiger partial charge in [0.2, 0.25) is 0 Å². The van der Waals surface area contributed by atoms with Crippen molar-refractivity contribution in [1.29, 1.82) is 0 Å². The van der Waals surface area contributed by atoms with Gasteiger partial charge in [-0.2, -0.15) is 0 Å². The van der Waals surface area contributed by atoms with Gasteiger partial charge >= 0.3 is 5.97 Å². The highest BCUT2D eigenvalue weighted by molar-refractivity contribution is 5.71. The maximum absolute atomic E-state index is 11.3. The van der Waals surface area contributed by atoms with E-state index < -0.39 is 0 Å². The number of carbonyl (C=O) groups is 1. The molecule has 0 aromatic rings. The normalized spacial score (nSPS) is 36.0. The minimum atomic E-state index is -0.0586. The van der Waals surface area contributed by atoms with Gasteiger partial charge in [-0.15, -0.1) is 0 Å². The molecular formula is C12H18O2. The Morgan fingerprint density at radius 2 is 2.29 bits per heavy atom. The standard InChI is InChI=1S/C12H18O2/c1-8(12(13)14-2)5-11-7-9-3-4-10(11)6-9/h3-4,8-11H,5-7H2,1-2H3. The lowest BCUT2D eigenvalue weighted by Gasteiger charge is -2.20. The van der Waals surface area contributed by atoms with Crippen LogP contribution >= 0.6 is 0 Å². The van der Waals surface area contributed by atoms with Gasteiger partial charge in [0.25, 0.3) is 0 Å². The van der Waals surface area contributed by atoms with Crippen LogP contribution in [0.2, 0.25) is 0 Å². The fraction of sp³-hybridized carbons (Fsp3) is 0.750. The van der Waals surface area contributed by atoms with Crippen LogP contribution in [0.3, 0.4) is 0 Å². The zero-order valence-electron chi connectivity index (χ0n) is 8.90. The van der Waals surface area contributed by atoms with E-state index in [1.165, 1.54) is 20.0 Å². The van der Waals surface area contributed by atoms with Crippen molar-refractivity contribution in [2.45, 2.75) is 26.2 Å². The Labute approximate surface area is 85.3 Å². The van der Waals surface area contributed by atoms with Crippen LogP contribution in [-0.4, -0.2) is 13.1 Å². The van der Waals surface area contributed by atoms with Crippen LogP contribution in [0, 0.1) is 23.7 Å². The molecule has 14 heavy (non-hydrogen) atoms. The summed E-state index contributed by atoms with van der Waals surface area (Å²) in [6.45, 7) is 1.97. The Bertz CT molecular complexity index is 257. The summed E-state index contributed by atoms with van der Waals surface area (Å²) in [6.07, 6.45) is 8.27. The van der Waals surface area contributed by atoms with Crippen LogP contribution in [0.4, 0.5) is 0 Å². The molecule has 2 aliphatic carbocycles. The van der Waals surface area contributed by atoms with Gasteiger partial charge in [-0.3, -0.25) is 4.79 Å². The van der Waals surface area contributed by atoms with Crippen molar-refractivity contribution in [3.8, 4) is 0 Å². The fourth-order valence-electron chi connectivity index (χ4n) is 2.92. The quantitative estimate of drug-likeness (QED) is 0.509. The maximum atomic E-state index is 11.3. The molecule has 2 rings (SSSR count). The van der Waals surface area contributed by atoms with E-state index in [1.54, 1.807) is 0 Å². The Hall–Kier alpha value is -0.790. The summed E-state index contributed by atoms with van der Waals surface area (Å²) in [5.74, 6) is 2.27. The van der Waals surface area contributed by atoms with E-state index in [0.29, 0.717) is 0 Å². The minimum Gasteiger partial charge on any atom is -0.469 e. The second kappa shape index (κ2) is 3.76. The topological polar surface area (TPSA) is 26.3 Å². The minimum absolute atomic E-state index is 0.0586. The van der Waals surface area contributed by atoms with Crippen molar-refractivity contribution in [1.82, 2.24) is 0 Å². The molecule has 0 N–H and O–H groups in total. The number of rotatable bonds is 3. The fourth-order valence-corrected chi connectivity index (χ4v) is 2.92. The summed E-state index contributed by atoms with van der Waals surface area (Å²) in [4.78, 5) is 11.3. The molecule has 4 atom stereocenters. The average molecular weight is 194 g/mol. The number of allylic oxidation sites excluding steroid dienone is 2. The third-order valence-electron chi connectivity index (χ3n) is 3.68. The van der Waals surface area contributed by atoms with Crippen molar-refractivity contribution >= 4 is 5.97 Å². The van der Waals surface area contributed by atoms with E-state index in [9.17, 15) is 4.79 Å². The van der Waals surface area contributed by atoms with E-state index in [0.717, 1.165) is 24.2 Å². The summed E-state index contributed by atoms with van der Waals surface area (Å²) in [7, 11) is 1.47. The first kappa shape index (κ1) is 9.75. The summed E-state index contributed by atoms with van der Waals surface area (Å²) in [5, 5.41) is 0. The number of esters is 1. The van der Waals surface area contributed by atoms with E-state index in [4.69, 9.17) is 4.74 Å². The monoisotopic (exact) mass is 194 g/mol. The van der Waals surface area contributed by atoms with Crippen molar-refractivity contribution in [2.75, 3.05) is 7.11 Å². The van der Waals surface area contributed by atoms with Gasteiger partial charge in [-0.25, -0.2) is 0 Å². The van der Waals surface area contributed by atoms with Gasteiger partial charge in [0.15, 0.2) is 0 Å². The molecule has 2 aliphatic rings. The number of hydrogen-bond acceptors (Lipinski definition) is 2. The zero-order valence-corrected chi connectivity index (χ0v) is 8.90. The Morgan fingerprint density at radius 1 is 1.50 bits per heavy atom. The molecule has 0 spiro atoms. The molecule has 0 radical (unpaired) electrons. The molecule has 0 heterocycles. The SMILES string of the molecule is COC(=O)C(C)CC1CC2C=CC1C2. The first-order chi connectivity index (χ1) is 6.70. The number of ether oxygens (including phenoxy) is 1. The summed E-state index contributed by atoms with van der Waals surface area (Å²) in [5.41, 5.74) is 0. The van der Waals surface area contributed by atoms with Gasteiger partial charge in [0.1, 0.15) is 0 Å². The molecule has 1 saturated carbocycles. The first-order valence-electron chi connectivity index (χ1n) is 5.47. The third kappa shape index (κ3) is 1.70. The molecule has 0 amide bonds. The molecule has 0 aliphatic heterocycles. The first-order valence-corrected chi connectivity index (χ1v) is 5.47. The van der Waals surface area contributed by atoms with Crippen molar-refractivity contribution in [3.63, 3.8) is 0 Å². The number of fused-ring (bicyclic) bond motifs is 2. The molecular weight excluding hydrogens is 176 g/mol. The van der Waals surface area contributed by atoms with Crippen LogP contribution in [0.15, 0.2) is 12.2 Å². The van der Waals surface area contributed by atoms with E-state index in [1.807, 2.05) is 6.92 Å². The number of carbonyl (C=O) groups excluding carboxylic acids is 1. The van der Waals surface area contributed by atoms with E-state index in [-0.39, 0.29) is 11.9 Å². The Kier molecular flexibility index (Phi) is 2.62. The van der Waals surface area contributed by atoms with Crippen molar-refractivity contribution in [3.05, 3.63) is 12.2 Å². The van der Waals surface area contributed by atoms with Crippen LogP contribution in [0.25, 0.3) is 0 Å². The van der Waals surface area contributed by atoms with Crippen LogP contribution in [-0.2, 0) is 9.53 Å². The molecule has 2 bridgehead atoms. The molecule has 2 heteroatoms. The second-order valence-electron chi connectivity index (χ2n) is 4.70. The molecule has 2 nitrogen and oxygen atoms in total. The highest BCUT2D eigenvalue weighted by Gasteiger charge is 2.36. The Morgan fingerprint density at radius 3 is 2.79 bits per heavy atom. The van der Waals surface area contributed by atoms with Crippen molar-refractivity contribution < 1.29 is 9.53 Å².